The summed E-state index contributed by atoms with van der Waals surface area (Å²) in [4.78, 5) is 11.4. The van der Waals surface area contributed by atoms with Crippen LogP contribution in [0.3, 0.4) is 0 Å². The van der Waals surface area contributed by atoms with Crippen LogP contribution < -0.4 is 5.32 Å². The molecule has 0 unspecified atom stereocenters. The van der Waals surface area contributed by atoms with E-state index >= 15 is 0 Å². The number of esters is 1. The summed E-state index contributed by atoms with van der Waals surface area (Å²) in [6.45, 7) is 1.87. The van der Waals surface area contributed by atoms with Crippen molar-refractivity contribution in [1.82, 2.24) is 0 Å². The van der Waals surface area contributed by atoms with E-state index < -0.39 is 17.7 Å². The molecule has 3 nitrogen and oxygen atoms in total. The summed E-state index contributed by atoms with van der Waals surface area (Å²) in [5.41, 5.74) is -0.390. The van der Waals surface area contributed by atoms with Crippen molar-refractivity contribution in [1.29, 1.82) is 0 Å². The van der Waals surface area contributed by atoms with Gasteiger partial charge in [-0.15, -0.1) is 0 Å². The fraction of sp³-hybridized carbons (Fsp3) is 0.357. The molecule has 21 heavy (non-hydrogen) atoms. The summed E-state index contributed by atoms with van der Waals surface area (Å²) in [5, 5.41) is 2.67. The third-order valence-electron chi connectivity index (χ3n) is 2.76. The number of ether oxygens (including phenoxy) is 1. The number of rotatable bonds is 5. The maximum Gasteiger partial charge on any atom is 0.418 e. The average Bonchev–Trinajstić information content (AvgIpc) is 2.43. The van der Waals surface area contributed by atoms with Crippen molar-refractivity contribution >= 4 is 27.6 Å². The molecule has 0 atom stereocenters. The molecule has 0 saturated carbocycles. The van der Waals surface area contributed by atoms with E-state index in [-0.39, 0.29) is 12.2 Å². The normalized spacial score (nSPS) is 12.2. The molecule has 1 rings (SSSR count). The first kappa shape index (κ1) is 17.6. The fourth-order valence-electron chi connectivity index (χ4n) is 1.69. The summed E-state index contributed by atoms with van der Waals surface area (Å²) < 4.78 is 43.7. The molecule has 0 aliphatic carbocycles. The lowest BCUT2D eigenvalue weighted by atomic mass is 10.1. The molecule has 0 fully saturated rings. The first-order valence-electron chi connectivity index (χ1n) is 6.17. The summed E-state index contributed by atoms with van der Waals surface area (Å²) in [5.74, 6) is -0.480. The van der Waals surface area contributed by atoms with Gasteiger partial charge in [0.2, 0.25) is 0 Å². The average molecular weight is 366 g/mol. The molecule has 0 spiro atoms. The van der Waals surface area contributed by atoms with Crippen LogP contribution in [0.5, 0.6) is 0 Å². The zero-order chi connectivity index (χ0) is 16.0. The van der Waals surface area contributed by atoms with Gasteiger partial charge in [0.1, 0.15) is 0 Å². The number of methoxy groups -OCH3 is 1. The summed E-state index contributed by atoms with van der Waals surface area (Å²) in [6, 6.07) is 3.86. The van der Waals surface area contributed by atoms with Crippen LogP contribution in [-0.4, -0.2) is 19.6 Å². The molecule has 7 heteroatoms. The summed E-state index contributed by atoms with van der Waals surface area (Å²) >= 11 is 3.02. The van der Waals surface area contributed by atoms with Gasteiger partial charge in [-0.3, -0.25) is 0 Å². The van der Waals surface area contributed by atoms with Gasteiger partial charge in [0, 0.05) is 22.3 Å². The minimum absolute atomic E-state index is 0.0396. The fourth-order valence-corrected chi connectivity index (χ4v) is 2.05. The molecule has 0 aliphatic heterocycles. The van der Waals surface area contributed by atoms with E-state index in [1.807, 2.05) is 0 Å². The van der Waals surface area contributed by atoms with Crippen molar-refractivity contribution < 1.29 is 22.7 Å². The molecule has 1 aromatic carbocycles. The largest absolute Gasteiger partial charge is 0.466 e. The summed E-state index contributed by atoms with van der Waals surface area (Å²) in [6.07, 6.45) is -2.49. The van der Waals surface area contributed by atoms with E-state index in [1.54, 1.807) is 6.92 Å². The monoisotopic (exact) mass is 365 g/mol. The van der Waals surface area contributed by atoms with Crippen LogP contribution in [0, 0.1) is 0 Å². The van der Waals surface area contributed by atoms with Crippen molar-refractivity contribution in [3.8, 4) is 0 Å². The quantitative estimate of drug-likeness (QED) is 0.621. The van der Waals surface area contributed by atoms with Crippen LogP contribution in [-0.2, 0) is 15.7 Å². The zero-order valence-electron chi connectivity index (χ0n) is 11.6. The Kier molecular flexibility index (Phi) is 6.26. The molecule has 0 bridgehead atoms. The molecular formula is C14H15BrF3NO2. The number of carbonyl (C=O) groups excluding carboxylic acids is 1. The number of benzene rings is 1. The predicted molar refractivity (Wildman–Crippen MR) is 78.0 cm³/mol. The highest BCUT2D eigenvalue weighted by molar-refractivity contribution is 9.10. The lowest BCUT2D eigenvalue weighted by Crippen LogP contribution is -2.12. The molecule has 0 radical (unpaired) electrons. The third kappa shape index (κ3) is 5.08. The minimum Gasteiger partial charge on any atom is -0.466 e. The van der Waals surface area contributed by atoms with Gasteiger partial charge < -0.3 is 10.1 Å². The Labute approximate surface area is 129 Å². The highest BCUT2D eigenvalue weighted by Crippen LogP contribution is 2.36. The van der Waals surface area contributed by atoms with Gasteiger partial charge in [0.25, 0.3) is 0 Å². The Bertz CT molecular complexity index is 542. The highest BCUT2D eigenvalue weighted by Gasteiger charge is 2.33. The smallest absolute Gasteiger partial charge is 0.418 e. The molecule has 0 aliphatic rings. The standard InChI is InChI=1S/C14H15BrF3NO2/c1-3-9(13(20)21-2)6-7-19-12-5-4-10(15)8-11(12)14(16,17)18/h4-6,8,19H,3,7H2,1-2H3/b9-6-. The van der Waals surface area contributed by atoms with Gasteiger partial charge in [-0.25, -0.2) is 4.79 Å². The number of alkyl halides is 3. The first-order chi connectivity index (χ1) is 9.79. The molecule has 1 aromatic rings. The Morgan fingerprint density at radius 2 is 2.10 bits per heavy atom. The molecule has 116 valence electrons. The van der Waals surface area contributed by atoms with Crippen molar-refractivity contribution in [3.05, 3.63) is 39.9 Å². The molecule has 0 aromatic heterocycles. The Morgan fingerprint density at radius 1 is 1.43 bits per heavy atom. The minimum atomic E-state index is -4.45. The van der Waals surface area contributed by atoms with Gasteiger partial charge in [0.05, 0.1) is 12.7 Å². The topological polar surface area (TPSA) is 38.3 Å². The van der Waals surface area contributed by atoms with Crippen molar-refractivity contribution in [2.24, 2.45) is 0 Å². The van der Waals surface area contributed by atoms with E-state index in [1.165, 1.54) is 25.3 Å². The van der Waals surface area contributed by atoms with Crippen LogP contribution >= 0.6 is 15.9 Å². The van der Waals surface area contributed by atoms with Crippen LogP contribution in [0.15, 0.2) is 34.3 Å². The second-order valence-electron chi connectivity index (χ2n) is 4.14. The molecule has 0 heterocycles. The Balaban J connectivity index is 2.90. The van der Waals surface area contributed by atoms with Crippen molar-refractivity contribution in [2.75, 3.05) is 19.0 Å². The van der Waals surface area contributed by atoms with Gasteiger partial charge in [-0.1, -0.05) is 28.9 Å². The van der Waals surface area contributed by atoms with Crippen LogP contribution in [0.2, 0.25) is 0 Å². The first-order valence-corrected chi connectivity index (χ1v) is 6.96. The molecule has 0 saturated heterocycles. The van der Waals surface area contributed by atoms with Crippen LogP contribution in [0.1, 0.15) is 18.9 Å². The van der Waals surface area contributed by atoms with Crippen LogP contribution in [0.4, 0.5) is 18.9 Å². The zero-order valence-corrected chi connectivity index (χ0v) is 13.1. The van der Waals surface area contributed by atoms with E-state index in [9.17, 15) is 18.0 Å². The highest BCUT2D eigenvalue weighted by atomic mass is 79.9. The number of halogens is 4. The number of nitrogens with one attached hydrogen (secondary N) is 1. The number of anilines is 1. The van der Waals surface area contributed by atoms with Gasteiger partial charge in [-0.05, 0) is 24.6 Å². The summed E-state index contributed by atoms with van der Waals surface area (Å²) in [7, 11) is 1.26. The lowest BCUT2D eigenvalue weighted by molar-refractivity contribution is -0.137. The molecule has 0 amide bonds. The molecule has 1 N–H and O–H groups in total. The van der Waals surface area contributed by atoms with Crippen LogP contribution in [0.25, 0.3) is 0 Å². The van der Waals surface area contributed by atoms with E-state index in [2.05, 4.69) is 26.0 Å². The Morgan fingerprint density at radius 3 is 2.62 bits per heavy atom. The number of hydrogen-bond donors (Lipinski definition) is 1. The predicted octanol–water partition coefficient (Wildman–Crippen LogP) is 4.39. The van der Waals surface area contributed by atoms with E-state index in [0.717, 1.165) is 6.07 Å². The van der Waals surface area contributed by atoms with E-state index in [0.29, 0.717) is 16.5 Å². The number of carbonyl (C=O) groups is 1. The molecular weight excluding hydrogens is 351 g/mol. The lowest BCUT2D eigenvalue weighted by Gasteiger charge is -2.14. The maximum atomic E-state index is 12.9. The Hall–Kier alpha value is -1.50. The van der Waals surface area contributed by atoms with Crippen molar-refractivity contribution in [3.63, 3.8) is 0 Å². The van der Waals surface area contributed by atoms with Gasteiger partial charge in [0.15, 0.2) is 0 Å². The van der Waals surface area contributed by atoms with Gasteiger partial charge >= 0.3 is 12.1 Å². The second-order valence-corrected chi connectivity index (χ2v) is 5.06. The van der Waals surface area contributed by atoms with Gasteiger partial charge in [-0.2, -0.15) is 13.2 Å². The SMILES string of the molecule is CC/C(=C/CNc1ccc(Br)cc1C(F)(F)F)C(=O)OC. The number of hydrogen-bond acceptors (Lipinski definition) is 3. The maximum absolute atomic E-state index is 12.9. The van der Waals surface area contributed by atoms with E-state index in [4.69, 9.17) is 0 Å². The third-order valence-corrected chi connectivity index (χ3v) is 3.25. The van der Waals surface area contributed by atoms with Crippen molar-refractivity contribution in [2.45, 2.75) is 19.5 Å². The second kappa shape index (κ2) is 7.49.